The lowest BCUT2D eigenvalue weighted by atomic mass is 9.81. The van der Waals surface area contributed by atoms with Gasteiger partial charge in [0.05, 0.1) is 0 Å². The van der Waals surface area contributed by atoms with Gasteiger partial charge in [-0.1, -0.05) is 31.2 Å². The number of hydrogen-bond acceptors (Lipinski definition) is 1. The van der Waals surface area contributed by atoms with Gasteiger partial charge in [0.1, 0.15) is 0 Å². The quantitative estimate of drug-likeness (QED) is 0.778. The van der Waals surface area contributed by atoms with E-state index in [2.05, 4.69) is 49.4 Å². The van der Waals surface area contributed by atoms with E-state index in [1.54, 1.807) is 0 Å². The summed E-state index contributed by atoms with van der Waals surface area (Å²) in [4.78, 5) is 0. The fourth-order valence-electron chi connectivity index (χ4n) is 2.76. The summed E-state index contributed by atoms with van der Waals surface area (Å²) in [5.41, 5.74) is 2.97. The first-order valence-corrected chi connectivity index (χ1v) is 6.50. The summed E-state index contributed by atoms with van der Waals surface area (Å²) in [6, 6.07) is 9.67. The van der Waals surface area contributed by atoms with Crippen LogP contribution in [0, 0.1) is 12.3 Å². The predicted octanol–water partition coefficient (Wildman–Crippen LogP) is 3.63. The maximum atomic E-state index is 5.36. The second kappa shape index (κ2) is 5.38. The van der Waals surface area contributed by atoms with E-state index in [0.717, 1.165) is 6.42 Å². The molecule has 1 aromatic carbocycles. The second-order valence-electron chi connectivity index (χ2n) is 5.14. The molecule has 0 heterocycles. The molecule has 1 aliphatic carbocycles. The van der Waals surface area contributed by atoms with Crippen molar-refractivity contribution in [1.29, 1.82) is 0 Å². The molecule has 0 radical (unpaired) electrons. The van der Waals surface area contributed by atoms with Crippen molar-refractivity contribution in [3.8, 4) is 12.3 Å². The highest BCUT2D eigenvalue weighted by Crippen LogP contribution is 2.37. The smallest absolute Gasteiger partial charge is 0.0325 e. The van der Waals surface area contributed by atoms with Gasteiger partial charge in [0.15, 0.2) is 0 Å². The third kappa shape index (κ3) is 2.70. The average Bonchev–Trinajstić information content (AvgIpc) is 2.34. The highest BCUT2D eigenvalue weighted by atomic mass is 14.9. The third-order valence-corrected chi connectivity index (χ3v) is 3.70. The monoisotopic (exact) mass is 227 g/mol. The van der Waals surface area contributed by atoms with E-state index < -0.39 is 0 Å². The fraction of sp³-hybridized carbons (Fsp3) is 0.500. The lowest BCUT2D eigenvalue weighted by Gasteiger charge is -2.32. The SMILES string of the molecule is C#CCC(C)NC1CCC(C)c2ccccc21. The molecule has 0 spiro atoms. The van der Waals surface area contributed by atoms with Crippen LogP contribution < -0.4 is 5.32 Å². The molecule has 90 valence electrons. The first-order valence-electron chi connectivity index (χ1n) is 6.50. The Bertz CT molecular complexity index is 416. The van der Waals surface area contributed by atoms with E-state index in [1.165, 1.54) is 24.0 Å². The molecule has 1 nitrogen and oxygen atoms in total. The summed E-state index contributed by atoms with van der Waals surface area (Å²) in [7, 11) is 0. The molecule has 2 rings (SSSR count). The normalized spacial score (nSPS) is 24.8. The maximum absolute atomic E-state index is 5.36. The number of hydrogen-bond donors (Lipinski definition) is 1. The van der Waals surface area contributed by atoms with Crippen molar-refractivity contribution in [2.45, 2.75) is 51.1 Å². The average molecular weight is 227 g/mol. The summed E-state index contributed by atoms with van der Waals surface area (Å²) in [5.74, 6) is 3.41. The zero-order valence-corrected chi connectivity index (χ0v) is 10.7. The van der Waals surface area contributed by atoms with Gasteiger partial charge in [-0.2, -0.15) is 0 Å². The number of rotatable bonds is 3. The van der Waals surface area contributed by atoms with Gasteiger partial charge in [0.2, 0.25) is 0 Å². The van der Waals surface area contributed by atoms with E-state index in [1.807, 2.05) is 0 Å². The summed E-state index contributed by atoms with van der Waals surface area (Å²) < 4.78 is 0. The molecule has 3 atom stereocenters. The Kier molecular flexibility index (Phi) is 3.86. The lowest BCUT2D eigenvalue weighted by molar-refractivity contribution is 0.394. The molecule has 0 amide bonds. The summed E-state index contributed by atoms with van der Waals surface area (Å²) in [5, 5.41) is 3.65. The Balaban J connectivity index is 2.16. The van der Waals surface area contributed by atoms with Gasteiger partial charge in [-0.05, 0) is 36.8 Å². The number of fused-ring (bicyclic) bond motifs is 1. The first-order chi connectivity index (χ1) is 8.22. The summed E-state index contributed by atoms with van der Waals surface area (Å²) >= 11 is 0. The molecule has 0 bridgehead atoms. The van der Waals surface area contributed by atoms with Crippen LogP contribution in [-0.4, -0.2) is 6.04 Å². The van der Waals surface area contributed by atoms with Crippen LogP contribution in [0.2, 0.25) is 0 Å². The van der Waals surface area contributed by atoms with Crippen LogP contribution in [0.25, 0.3) is 0 Å². The zero-order valence-electron chi connectivity index (χ0n) is 10.7. The van der Waals surface area contributed by atoms with Gasteiger partial charge in [0, 0.05) is 18.5 Å². The maximum Gasteiger partial charge on any atom is 0.0325 e. The Labute approximate surface area is 105 Å². The highest BCUT2D eigenvalue weighted by Gasteiger charge is 2.24. The van der Waals surface area contributed by atoms with Crippen LogP contribution >= 0.6 is 0 Å². The van der Waals surface area contributed by atoms with Crippen molar-refractivity contribution in [2.24, 2.45) is 0 Å². The van der Waals surface area contributed by atoms with E-state index >= 15 is 0 Å². The van der Waals surface area contributed by atoms with Crippen LogP contribution in [0.15, 0.2) is 24.3 Å². The summed E-state index contributed by atoms with van der Waals surface area (Å²) in [6.45, 7) is 4.49. The Morgan fingerprint density at radius 1 is 1.35 bits per heavy atom. The molecule has 1 heteroatoms. The minimum Gasteiger partial charge on any atom is -0.306 e. The van der Waals surface area contributed by atoms with Crippen molar-refractivity contribution < 1.29 is 0 Å². The fourth-order valence-corrected chi connectivity index (χ4v) is 2.76. The molecule has 0 aliphatic heterocycles. The zero-order chi connectivity index (χ0) is 12.3. The van der Waals surface area contributed by atoms with E-state index in [4.69, 9.17) is 6.42 Å². The van der Waals surface area contributed by atoms with E-state index in [0.29, 0.717) is 18.0 Å². The predicted molar refractivity (Wildman–Crippen MR) is 72.9 cm³/mol. The standard InChI is InChI=1S/C16H21N/c1-4-7-13(3)17-16-11-10-12(2)14-8-5-6-9-15(14)16/h1,5-6,8-9,12-13,16-17H,7,10-11H2,2-3H3. The van der Waals surface area contributed by atoms with Gasteiger partial charge < -0.3 is 5.32 Å². The molecule has 17 heavy (non-hydrogen) atoms. The topological polar surface area (TPSA) is 12.0 Å². The Morgan fingerprint density at radius 2 is 2.06 bits per heavy atom. The molecule has 0 saturated heterocycles. The van der Waals surface area contributed by atoms with Crippen LogP contribution in [-0.2, 0) is 0 Å². The molecule has 0 saturated carbocycles. The van der Waals surface area contributed by atoms with Crippen molar-refractivity contribution in [1.82, 2.24) is 5.32 Å². The molecule has 0 aromatic heterocycles. The molecule has 1 N–H and O–H groups in total. The van der Waals surface area contributed by atoms with Gasteiger partial charge in [-0.15, -0.1) is 12.3 Å². The lowest BCUT2D eigenvalue weighted by Crippen LogP contribution is -2.33. The number of nitrogens with one attached hydrogen (secondary N) is 1. The van der Waals surface area contributed by atoms with E-state index in [9.17, 15) is 0 Å². The van der Waals surface area contributed by atoms with Gasteiger partial charge in [-0.3, -0.25) is 0 Å². The Hall–Kier alpha value is -1.26. The van der Waals surface area contributed by atoms with Crippen LogP contribution in [0.3, 0.4) is 0 Å². The van der Waals surface area contributed by atoms with Crippen molar-refractivity contribution in [3.05, 3.63) is 35.4 Å². The van der Waals surface area contributed by atoms with Crippen LogP contribution in [0.1, 0.15) is 56.2 Å². The second-order valence-corrected chi connectivity index (χ2v) is 5.14. The van der Waals surface area contributed by atoms with Crippen molar-refractivity contribution in [2.75, 3.05) is 0 Å². The number of terminal acetylenes is 1. The van der Waals surface area contributed by atoms with Crippen molar-refractivity contribution in [3.63, 3.8) is 0 Å². The summed E-state index contributed by atoms with van der Waals surface area (Å²) in [6.07, 6.45) is 8.64. The van der Waals surface area contributed by atoms with Gasteiger partial charge in [-0.25, -0.2) is 0 Å². The molecular weight excluding hydrogens is 206 g/mol. The number of benzene rings is 1. The van der Waals surface area contributed by atoms with E-state index in [-0.39, 0.29) is 0 Å². The molecular formula is C16H21N. The van der Waals surface area contributed by atoms with Crippen LogP contribution in [0.4, 0.5) is 0 Å². The minimum absolute atomic E-state index is 0.395. The largest absolute Gasteiger partial charge is 0.306 e. The molecule has 1 aliphatic rings. The molecule has 0 fully saturated rings. The Morgan fingerprint density at radius 3 is 2.76 bits per heavy atom. The molecule has 1 aromatic rings. The molecule has 3 unspecified atom stereocenters. The van der Waals surface area contributed by atoms with Crippen LogP contribution in [0.5, 0.6) is 0 Å². The van der Waals surface area contributed by atoms with Gasteiger partial charge >= 0.3 is 0 Å². The third-order valence-electron chi connectivity index (χ3n) is 3.70. The van der Waals surface area contributed by atoms with Crippen molar-refractivity contribution >= 4 is 0 Å². The minimum atomic E-state index is 0.395. The first kappa shape index (κ1) is 12.2. The van der Waals surface area contributed by atoms with Gasteiger partial charge in [0.25, 0.3) is 0 Å². The highest BCUT2D eigenvalue weighted by molar-refractivity contribution is 5.35.